The number of hydrogen-bond acceptors (Lipinski definition) is 3. The van der Waals surface area contributed by atoms with Crippen molar-refractivity contribution in [2.45, 2.75) is 6.54 Å². The van der Waals surface area contributed by atoms with Gasteiger partial charge in [-0.05, 0) is 11.6 Å². The Morgan fingerprint density at radius 3 is 2.44 bits per heavy atom. The lowest BCUT2D eigenvalue weighted by molar-refractivity contribution is 0.122. The van der Waals surface area contributed by atoms with Crippen molar-refractivity contribution in [3.8, 4) is 0 Å². The standard InChI is InChI=1S/C11H14F2N2O/c12-9-5-8(7-14)11(6-10(9)13)15-1-3-16-4-2-15/h5-6H,1-4,7,14H2. The van der Waals surface area contributed by atoms with Crippen LogP contribution in [0.2, 0.25) is 0 Å². The van der Waals surface area contributed by atoms with Crippen LogP contribution in [0.4, 0.5) is 14.5 Å². The molecule has 0 spiro atoms. The molecule has 1 saturated heterocycles. The molecular weight excluding hydrogens is 214 g/mol. The molecule has 2 rings (SSSR count). The molecular formula is C11H14F2N2O. The Hall–Kier alpha value is -1.20. The first kappa shape index (κ1) is 11.3. The zero-order valence-corrected chi connectivity index (χ0v) is 8.88. The molecule has 1 aromatic rings. The van der Waals surface area contributed by atoms with E-state index >= 15 is 0 Å². The second-order valence-corrected chi connectivity index (χ2v) is 3.70. The Labute approximate surface area is 92.8 Å². The molecule has 0 radical (unpaired) electrons. The summed E-state index contributed by atoms with van der Waals surface area (Å²) in [5, 5.41) is 0. The number of rotatable bonds is 2. The summed E-state index contributed by atoms with van der Waals surface area (Å²) in [6.45, 7) is 2.76. The van der Waals surface area contributed by atoms with Crippen LogP contribution < -0.4 is 10.6 Å². The predicted molar refractivity (Wildman–Crippen MR) is 57.3 cm³/mol. The molecule has 1 aliphatic heterocycles. The maximum atomic E-state index is 13.2. The van der Waals surface area contributed by atoms with Gasteiger partial charge in [0.05, 0.1) is 13.2 Å². The second-order valence-electron chi connectivity index (χ2n) is 3.70. The summed E-state index contributed by atoms with van der Waals surface area (Å²) in [5.41, 5.74) is 6.83. The van der Waals surface area contributed by atoms with Gasteiger partial charge in [-0.2, -0.15) is 0 Å². The smallest absolute Gasteiger partial charge is 0.160 e. The van der Waals surface area contributed by atoms with Gasteiger partial charge in [0.1, 0.15) is 0 Å². The first-order valence-corrected chi connectivity index (χ1v) is 5.23. The van der Waals surface area contributed by atoms with Crippen LogP contribution in [0.5, 0.6) is 0 Å². The molecule has 3 nitrogen and oxygen atoms in total. The van der Waals surface area contributed by atoms with E-state index < -0.39 is 11.6 Å². The van der Waals surface area contributed by atoms with Crippen LogP contribution in [-0.2, 0) is 11.3 Å². The molecule has 0 unspecified atom stereocenters. The Kier molecular flexibility index (Phi) is 3.36. The minimum absolute atomic E-state index is 0.198. The zero-order chi connectivity index (χ0) is 11.5. The molecule has 1 heterocycles. The SMILES string of the molecule is NCc1cc(F)c(F)cc1N1CCOCC1. The second kappa shape index (κ2) is 4.76. The first-order chi connectivity index (χ1) is 7.72. The number of anilines is 1. The fraction of sp³-hybridized carbons (Fsp3) is 0.455. The summed E-state index contributed by atoms with van der Waals surface area (Å²) in [5.74, 6) is -1.68. The Morgan fingerprint density at radius 1 is 1.19 bits per heavy atom. The number of nitrogens with zero attached hydrogens (tertiary/aromatic N) is 1. The third kappa shape index (κ3) is 2.15. The van der Waals surface area contributed by atoms with Crippen molar-refractivity contribution >= 4 is 5.69 Å². The van der Waals surface area contributed by atoms with Crippen LogP contribution in [0, 0.1) is 11.6 Å². The van der Waals surface area contributed by atoms with E-state index in [0.29, 0.717) is 37.6 Å². The summed E-state index contributed by atoms with van der Waals surface area (Å²) in [4.78, 5) is 1.97. The van der Waals surface area contributed by atoms with E-state index in [1.165, 1.54) is 12.1 Å². The van der Waals surface area contributed by atoms with Gasteiger partial charge in [0.2, 0.25) is 0 Å². The van der Waals surface area contributed by atoms with Crippen molar-refractivity contribution in [3.63, 3.8) is 0 Å². The molecule has 0 aliphatic carbocycles. The van der Waals surface area contributed by atoms with Gasteiger partial charge in [-0.25, -0.2) is 8.78 Å². The van der Waals surface area contributed by atoms with Gasteiger partial charge in [0, 0.05) is 31.4 Å². The van der Waals surface area contributed by atoms with Crippen LogP contribution >= 0.6 is 0 Å². The van der Waals surface area contributed by atoms with Gasteiger partial charge in [-0.15, -0.1) is 0 Å². The highest BCUT2D eigenvalue weighted by molar-refractivity contribution is 5.54. The summed E-state index contributed by atoms with van der Waals surface area (Å²) >= 11 is 0. The molecule has 0 aromatic heterocycles. The number of benzene rings is 1. The van der Waals surface area contributed by atoms with Crippen molar-refractivity contribution in [1.82, 2.24) is 0 Å². The Balaban J connectivity index is 2.33. The third-order valence-corrected chi connectivity index (χ3v) is 2.69. The average molecular weight is 228 g/mol. The summed E-state index contributed by atoms with van der Waals surface area (Å²) in [6, 6.07) is 2.38. The molecule has 1 fully saturated rings. The van der Waals surface area contributed by atoms with E-state index in [1.807, 2.05) is 4.90 Å². The topological polar surface area (TPSA) is 38.5 Å². The van der Waals surface area contributed by atoms with E-state index in [1.54, 1.807) is 0 Å². The monoisotopic (exact) mass is 228 g/mol. The third-order valence-electron chi connectivity index (χ3n) is 2.69. The van der Waals surface area contributed by atoms with Gasteiger partial charge >= 0.3 is 0 Å². The lowest BCUT2D eigenvalue weighted by Gasteiger charge is -2.30. The van der Waals surface area contributed by atoms with Gasteiger partial charge in [-0.3, -0.25) is 0 Å². The fourth-order valence-electron chi connectivity index (χ4n) is 1.84. The van der Waals surface area contributed by atoms with Crippen LogP contribution in [0.1, 0.15) is 5.56 Å². The van der Waals surface area contributed by atoms with E-state index in [0.717, 1.165) is 0 Å². The Morgan fingerprint density at radius 2 is 1.81 bits per heavy atom. The van der Waals surface area contributed by atoms with E-state index in [-0.39, 0.29) is 6.54 Å². The lowest BCUT2D eigenvalue weighted by atomic mass is 10.1. The van der Waals surface area contributed by atoms with Gasteiger partial charge < -0.3 is 15.4 Å². The number of ether oxygens (including phenoxy) is 1. The fourth-order valence-corrected chi connectivity index (χ4v) is 1.84. The number of morpholine rings is 1. The summed E-state index contributed by atoms with van der Waals surface area (Å²) < 4.78 is 31.4. The molecule has 2 N–H and O–H groups in total. The van der Waals surface area contributed by atoms with Crippen molar-refractivity contribution in [1.29, 1.82) is 0 Å². The normalized spacial score (nSPS) is 16.6. The quantitative estimate of drug-likeness (QED) is 0.828. The van der Waals surface area contributed by atoms with Gasteiger partial charge in [0.15, 0.2) is 11.6 Å². The van der Waals surface area contributed by atoms with Gasteiger partial charge in [0.25, 0.3) is 0 Å². The molecule has 0 bridgehead atoms. The van der Waals surface area contributed by atoms with Crippen LogP contribution in [0.25, 0.3) is 0 Å². The van der Waals surface area contributed by atoms with Crippen molar-refractivity contribution in [2.24, 2.45) is 5.73 Å². The van der Waals surface area contributed by atoms with E-state index in [9.17, 15) is 8.78 Å². The summed E-state index contributed by atoms with van der Waals surface area (Å²) in [7, 11) is 0. The molecule has 88 valence electrons. The highest BCUT2D eigenvalue weighted by Crippen LogP contribution is 2.24. The van der Waals surface area contributed by atoms with Gasteiger partial charge in [-0.1, -0.05) is 0 Å². The number of hydrogen-bond donors (Lipinski definition) is 1. The first-order valence-electron chi connectivity index (χ1n) is 5.23. The average Bonchev–Trinajstić information content (AvgIpc) is 2.33. The highest BCUT2D eigenvalue weighted by atomic mass is 19.2. The van der Waals surface area contributed by atoms with E-state index in [2.05, 4.69) is 0 Å². The largest absolute Gasteiger partial charge is 0.378 e. The van der Waals surface area contributed by atoms with Crippen LogP contribution in [0.3, 0.4) is 0 Å². The highest BCUT2D eigenvalue weighted by Gasteiger charge is 2.17. The van der Waals surface area contributed by atoms with Crippen molar-refractivity contribution < 1.29 is 13.5 Å². The lowest BCUT2D eigenvalue weighted by Crippen LogP contribution is -2.37. The number of halogens is 2. The molecule has 0 saturated carbocycles. The Bertz CT molecular complexity index is 378. The minimum atomic E-state index is -0.850. The van der Waals surface area contributed by atoms with Crippen molar-refractivity contribution in [3.05, 3.63) is 29.3 Å². The molecule has 0 atom stereocenters. The summed E-state index contributed by atoms with van der Waals surface area (Å²) in [6.07, 6.45) is 0. The maximum Gasteiger partial charge on any atom is 0.160 e. The van der Waals surface area contributed by atoms with Crippen molar-refractivity contribution in [2.75, 3.05) is 31.2 Å². The predicted octanol–water partition coefficient (Wildman–Crippen LogP) is 1.26. The van der Waals surface area contributed by atoms with Crippen LogP contribution in [-0.4, -0.2) is 26.3 Å². The number of nitrogens with two attached hydrogens (primary N) is 1. The maximum absolute atomic E-state index is 13.2. The molecule has 5 heteroatoms. The van der Waals surface area contributed by atoms with E-state index in [4.69, 9.17) is 10.5 Å². The zero-order valence-electron chi connectivity index (χ0n) is 8.88. The minimum Gasteiger partial charge on any atom is -0.378 e. The molecule has 1 aliphatic rings. The van der Waals surface area contributed by atoms with Crippen LogP contribution in [0.15, 0.2) is 12.1 Å². The molecule has 1 aromatic carbocycles. The molecule has 0 amide bonds. The molecule has 16 heavy (non-hydrogen) atoms.